The zero-order chi connectivity index (χ0) is 15.7. The van der Waals surface area contributed by atoms with E-state index >= 15 is 0 Å². The molecule has 0 aliphatic rings. The van der Waals surface area contributed by atoms with E-state index in [1.165, 1.54) is 0 Å². The first kappa shape index (κ1) is 16.8. The summed E-state index contributed by atoms with van der Waals surface area (Å²) in [5.41, 5.74) is 1.23. The second-order valence-electron chi connectivity index (χ2n) is 4.38. The van der Waals surface area contributed by atoms with Crippen LogP contribution in [0.5, 0.6) is 0 Å². The van der Waals surface area contributed by atoms with Gasteiger partial charge in [0, 0.05) is 18.3 Å². The highest BCUT2D eigenvalue weighted by molar-refractivity contribution is 5.85. The average Bonchev–Trinajstić information content (AvgIpc) is 3.16. The Morgan fingerprint density at radius 2 is 1.87 bits per heavy atom. The van der Waals surface area contributed by atoms with Crippen LogP contribution in [0.25, 0.3) is 17.1 Å². The van der Waals surface area contributed by atoms with Crippen molar-refractivity contribution in [3.63, 3.8) is 0 Å². The van der Waals surface area contributed by atoms with Gasteiger partial charge in [-0.3, -0.25) is 0 Å². The second-order valence-corrected chi connectivity index (χ2v) is 4.38. The summed E-state index contributed by atoms with van der Waals surface area (Å²) in [4.78, 5) is 7.45. The van der Waals surface area contributed by atoms with Gasteiger partial charge in [-0.05, 0) is 24.3 Å². The molecule has 122 valence electrons. The van der Waals surface area contributed by atoms with Gasteiger partial charge in [-0.25, -0.2) is 4.98 Å². The van der Waals surface area contributed by atoms with Crippen LogP contribution in [0.3, 0.4) is 0 Å². The van der Waals surface area contributed by atoms with Crippen LogP contribution in [-0.2, 0) is 6.18 Å². The summed E-state index contributed by atoms with van der Waals surface area (Å²) in [5.74, 6) is -0.766. The number of benzene rings is 1. The number of nitrogens with zero attached hydrogens (tertiary/aromatic N) is 4. The lowest BCUT2D eigenvalue weighted by molar-refractivity contribution is -0.159. The largest absolute Gasteiger partial charge is 0.471 e. The summed E-state index contributed by atoms with van der Waals surface area (Å²) in [6.07, 6.45) is -1.24. The number of aromatic nitrogens is 4. The van der Waals surface area contributed by atoms with Gasteiger partial charge in [-0.1, -0.05) is 5.16 Å². The molecule has 10 heteroatoms. The predicted molar refractivity (Wildman–Crippen MR) is 78.7 cm³/mol. The number of halogens is 4. The zero-order valence-corrected chi connectivity index (χ0v) is 12.5. The van der Waals surface area contributed by atoms with Crippen molar-refractivity contribution in [2.24, 2.45) is 0 Å². The molecule has 0 radical (unpaired) electrons. The van der Waals surface area contributed by atoms with Gasteiger partial charge in [0.15, 0.2) is 0 Å². The number of imidazole rings is 1. The monoisotopic (exact) mass is 345 g/mol. The molecule has 0 aliphatic heterocycles. The summed E-state index contributed by atoms with van der Waals surface area (Å²) in [6.45, 7) is 0. The summed E-state index contributed by atoms with van der Waals surface area (Å²) < 4.78 is 43.3. The number of hydrogen-bond donors (Lipinski definition) is 1. The van der Waals surface area contributed by atoms with Gasteiger partial charge in [0.25, 0.3) is 0 Å². The molecule has 3 aromatic rings. The Balaban J connectivity index is 0.00000192. The maximum atomic E-state index is 12.4. The van der Waals surface area contributed by atoms with Gasteiger partial charge >= 0.3 is 12.1 Å². The van der Waals surface area contributed by atoms with Crippen LogP contribution in [-0.4, -0.2) is 26.7 Å². The molecule has 3 rings (SSSR count). The number of alkyl halides is 3. The van der Waals surface area contributed by atoms with Crippen LogP contribution in [0.15, 0.2) is 41.3 Å². The normalized spacial score (nSPS) is 11.1. The molecule has 23 heavy (non-hydrogen) atoms. The number of nitrogens with one attached hydrogen (secondary N) is 1. The topological polar surface area (TPSA) is 68.8 Å². The van der Waals surface area contributed by atoms with Gasteiger partial charge in [0.2, 0.25) is 5.82 Å². The van der Waals surface area contributed by atoms with E-state index < -0.39 is 12.1 Å². The highest BCUT2D eigenvalue weighted by Gasteiger charge is 2.38. The van der Waals surface area contributed by atoms with Crippen molar-refractivity contribution in [1.82, 2.24) is 19.7 Å². The van der Waals surface area contributed by atoms with Crippen LogP contribution in [0.4, 0.5) is 19.0 Å². The first-order valence-corrected chi connectivity index (χ1v) is 6.21. The molecule has 1 N–H and O–H groups in total. The first-order valence-electron chi connectivity index (χ1n) is 6.21. The Kier molecular flexibility index (Phi) is 4.60. The minimum Gasteiger partial charge on any atom is -0.372 e. The molecule has 0 amide bonds. The minimum atomic E-state index is -4.65. The van der Waals surface area contributed by atoms with Crippen molar-refractivity contribution in [2.75, 3.05) is 12.4 Å². The maximum absolute atomic E-state index is 12.4. The molecule has 6 nitrogen and oxygen atoms in total. The first-order chi connectivity index (χ1) is 10.5. The standard InChI is InChI=1S/C13H10F3N5O.ClH/c1-17-10-6-21(7-18-10)9-4-2-8(3-5-9)11-19-12(22-20-11)13(14,15)16;/h2-7,17H,1H3;1H. The molecule has 0 aliphatic carbocycles. The van der Waals surface area contributed by atoms with Crippen molar-refractivity contribution in [2.45, 2.75) is 6.18 Å². The molecular formula is C13H11ClF3N5O. The van der Waals surface area contributed by atoms with Crippen LogP contribution in [0.1, 0.15) is 5.89 Å². The second kappa shape index (κ2) is 6.29. The Labute approximate surface area is 134 Å². The molecule has 0 fully saturated rings. The van der Waals surface area contributed by atoms with E-state index in [0.717, 1.165) is 5.69 Å². The highest BCUT2D eigenvalue weighted by Crippen LogP contribution is 2.29. The quantitative estimate of drug-likeness (QED) is 0.788. The third-order valence-corrected chi connectivity index (χ3v) is 2.93. The van der Waals surface area contributed by atoms with E-state index in [1.54, 1.807) is 48.4 Å². The Morgan fingerprint density at radius 1 is 1.17 bits per heavy atom. The number of rotatable bonds is 3. The van der Waals surface area contributed by atoms with Crippen LogP contribution < -0.4 is 5.32 Å². The van der Waals surface area contributed by atoms with Crippen molar-refractivity contribution in [3.05, 3.63) is 42.7 Å². The molecule has 0 spiro atoms. The molecule has 0 saturated heterocycles. The van der Waals surface area contributed by atoms with E-state index in [9.17, 15) is 13.2 Å². The third-order valence-electron chi connectivity index (χ3n) is 2.93. The summed E-state index contributed by atoms with van der Waals surface area (Å²) >= 11 is 0. The minimum absolute atomic E-state index is 0. The van der Waals surface area contributed by atoms with Crippen molar-refractivity contribution in [3.8, 4) is 17.1 Å². The third kappa shape index (κ3) is 3.45. The molecule has 2 heterocycles. The van der Waals surface area contributed by atoms with Gasteiger partial charge in [-0.15, -0.1) is 12.4 Å². The van der Waals surface area contributed by atoms with E-state index in [-0.39, 0.29) is 18.2 Å². The SMILES string of the molecule is CNc1cn(-c2ccc(-c3noc(C(F)(F)F)n3)cc2)cn1.Cl. The zero-order valence-electron chi connectivity index (χ0n) is 11.7. The van der Waals surface area contributed by atoms with E-state index in [4.69, 9.17) is 0 Å². The number of anilines is 1. The Morgan fingerprint density at radius 3 is 2.39 bits per heavy atom. The Bertz CT molecular complexity index is 782. The van der Waals surface area contributed by atoms with Crippen LogP contribution >= 0.6 is 12.4 Å². The van der Waals surface area contributed by atoms with Crippen LogP contribution in [0.2, 0.25) is 0 Å². The average molecular weight is 346 g/mol. The molecular weight excluding hydrogens is 335 g/mol. The molecule has 1 aromatic carbocycles. The maximum Gasteiger partial charge on any atom is 0.471 e. The van der Waals surface area contributed by atoms with Crippen molar-refractivity contribution < 1.29 is 17.7 Å². The lowest BCUT2D eigenvalue weighted by atomic mass is 10.2. The molecule has 0 saturated carbocycles. The summed E-state index contributed by atoms with van der Waals surface area (Å²) in [7, 11) is 1.75. The molecule has 0 unspecified atom stereocenters. The van der Waals surface area contributed by atoms with Gasteiger partial charge in [-0.2, -0.15) is 18.2 Å². The van der Waals surface area contributed by atoms with E-state index in [2.05, 4.69) is 25.0 Å². The highest BCUT2D eigenvalue weighted by atomic mass is 35.5. The van der Waals surface area contributed by atoms with Gasteiger partial charge in [0.1, 0.15) is 12.1 Å². The fourth-order valence-electron chi connectivity index (χ4n) is 1.83. The smallest absolute Gasteiger partial charge is 0.372 e. The fraction of sp³-hybridized carbons (Fsp3) is 0.154. The van der Waals surface area contributed by atoms with E-state index in [1.807, 2.05) is 0 Å². The summed E-state index contributed by atoms with van der Waals surface area (Å²) in [6, 6.07) is 6.67. The molecule has 0 atom stereocenters. The fourth-order valence-corrected chi connectivity index (χ4v) is 1.83. The lowest BCUT2D eigenvalue weighted by Gasteiger charge is -2.02. The van der Waals surface area contributed by atoms with E-state index in [0.29, 0.717) is 11.4 Å². The molecule has 2 aromatic heterocycles. The van der Waals surface area contributed by atoms with Gasteiger partial charge < -0.3 is 14.4 Å². The van der Waals surface area contributed by atoms with Gasteiger partial charge in [0.05, 0.1) is 6.20 Å². The van der Waals surface area contributed by atoms with Crippen molar-refractivity contribution in [1.29, 1.82) is 0 Å². The number of hydrogen-bond acceptors (Lipinski definition) is 5. The lowest BCUT2D eigenvalue weighted by Crippen LogP contribution is -2.04. The molecule has 0 bridgehead atoms. The Hall–Kier alpha value is -2.55. The van der Waals surface area contributed by atoms with Crippen LogP contribution in [0, 0.1) is 0 Å². The summed E-state index contributed by atoms with van der Waals surface area (Å²) in [5, 5.41) is 6.24. The van der Waals surface area contributed by atoms with Crippen molar-refractivity contribution >= 4 is 18.2 Å². The predicted octanol–water partition coefficient (Wildman–Crippen LogP) is 3.40.